The Balaban J connectivity index is 1.35. The average molecular weight is 485 g/mol. The molecule has 1 saturated carbocycles. The molecule has 33 heavy (non-hydrogen) atoms. The molecule has 1 amide bonds. The molecule has 1 aliphatic carbocycles. The van der Waals surface area contributed by atoms with Gasteiger partial charge in [0.1, 0.15) is 10.8 Å². The lowest BCUT2D eigenvalue weighted by atomic mass is 9.90. The van der Waals surface area contributed by atoms with Gasteiger partial charge < -0.3 is 4.74 Å². The maximum Gasteiger partial charge on any atom is 0.236 e. The number of nitrogens with zero attached hydrogens (tertiary/aromatic N) is 5. The number of anilines is 1. The molecule has 0 saturated heterocycles. The minimum Gasteiger partial charge on any atom is -0.483 e. The molecule has 1 aromatic carbocycles. The van der Waals surface area contributed by atoms with Crippen LogP contribution in [-0.4, -0.2) is 36.6 Å². The number of carbonyl (C=O) groups excluding carboxylic acids is 1. The van der Waals surface area contributed by atoms with E-state index in [9.17, 15) is 4.79 Å². The highest BCUT2D eigenvalue weighted by Gasteiger charge is 2.22. The van der Waals surface area contributed by atoms with E-state index >= 15 is 0 Å². The molecule has 8 nitrogen and oxygen atoms in total. The van der Waals surface area contributed by atoms with E-state index in [0.29, 0.717) is 28.6 Å². The summed E-state index contributed by atoms with van der Waals surface area (Å²) in [5.74, 6) is 1.97. The first-order chi connectivity index (χ1) is 16.1. The van der Waals surface area contributed by atoms with E-state index in [0.717, 1.165) is 23.6 Å². The Morgan fingerprint density at radius 3 is 2.79 bits per heavy atom. The van der Waals surface area contributed by atoms with Crippen molar-refractivity contribution < 1.29 is 9.53 Å². The van der Waals surface area contributed by atoms with Crippen LogP contribution in [0.15, 0.2) is 48.1 Å². The number of amides is 1. The number of carbonyl (C=O) groups is 1. The molecule has 1 atom stereocenters. The van der Waals surface area contributed by atoms with Crippen molar-refractivity contribution >= 4 is 34.1 Å². The van der Waals surface area contributed by atoms with Crippen LogP contribution in [0.2, 0.25) is 0 Å². The Hall–Kier alpha value is -2.72. The van der Waals surface area contributed by atoms with Crippen LogP contribution in [0.3, 0.4) is 0 Å². The molecule has 4 rings (SSSR count). The second-order valence-electron chi connectivity index (χ2n) is 7.93. The van der Waals surface area contributed by atoms with E-state index in [-0.39, 0.29) is 17.8 Å². The van der Waals surface area contributed by atoms with Crippen molar-refractivity contribution in [3.8, 4) is 5.75 Å². The van der Waals surface area contributed by atoms with Gasteiger partial charge in [0.05, 0.1) is 5.75 Å². The highest BCUT2D eigenvalue weighted by atomic mass is 32.2. The molecule has 1 N–H and O–H groups in total. The fourth-order valence-electron chi connectivity index (χ4n) is 3.85. The van der Waals surface area contributed by atoms with Crippen LogP contribution in [0.5, 0.6) is 5.75 Å². The summed E-state index contributed by atoms with van der Waals surface area (Å²) in [7, 11) is 0. The van der Waals surface area contributed by atoms with E-state index in [2.05, 4.69) is 32.3 Å². The number of allylic oxidation sites excluding steroid dienone is 1. The maximum absolute atomic E-state index is 12.5. The molecule has 174 valence electrons. The Kier molecular flexibility index (Phi) is 8.11. The molecular formula is C23H28N6O2S2. The first-order valence-electron chi connectivity index (χ1n) is 11.2. The van der Waals surface area contributed by atoms with Gasteiger partial charge >= 0.3 is 0 Å². The Morgan fingerprint density at radius 2 is 2.03 bits per heavy atom. The number of ether oxygens (including phenoxy) is 1. The summed E-state index contributed by atoms with van der Waals surface area (Å²) in [6.45, 7) is 6.28. The number of thioether (sulfide) groups is 1. The minimum absolute atomic E-state index is 0.144. The highest BCUT2D eigenvalue weighted by Crippen LogP contribution is 2.35. The molecule has 3 aromatic rings. The molecule has 0 bridgehead atoms. The van der Waals surface area contributed by atoms with Gasteiger partial charge in [-0.1, -0.05) is 66.6 Å². The Morgan fingerprint density at radius 1 is 1.24 bits per heavy atom. The molecule has 1 fully saturated rings. The van der Waals surface area contributed by atoms with Gasteiger partial charge in [0.25, 0.3) is 0 Å². The first kappa shape index (κ1) is 23.4. The summed E-state index contributed by atoms with van der Waals surface area (Å²) in [5.41, 5.74) is 0. The van der Waals surface area contributed by atoms with Crippen LogP contribution >= 0.6 is 23.1 Å². The number of rotatable bonds is 10. The predicted molar refractivity (Wildman–Crippen MR) is 131 cm³/mol. The number of aromatic nitrogens is 5. The summed E-state index contributed by atoms with van der Waals surface area (Å²) in [6.07, 6.45) is 7.57. The number of hydrogen-bond acceptors (Lipinski definition) is 8. The second kappa shape index (κ2) is 11.4. The summed E-state index contributed by atoms with van der Waals surface area (Å²) in [5, 5.41) is 22.2. The van der Waals surface area contributed by atoms with Crippen molar-refractivity contribution in [1.82, 2.24) is 25.0 Å². The van der Waals surface area contributed by atoms with Gasteiger partial charge in [0.15, 0.2) is 17.1 Å². The van der Waals surface area contributed by atoms with E-state index < -0.39 is 0 Å². The molecule has 0 radical (unpaired) electrons. The van der Waals surface area contributed by atoms with Gasteiger partial charge in [-0.3, -0.25) is 14.7 Å². The normalized spacial score (nSPS) is 15.2. The van der Waals surface area contributed by atoms with Gasteiger partial charge in [0, 0.05) is 12.5 Å². The zero-order valence-corrected chi connectivity index (χ0v) is 20.3. The molecule has 2 aromatic heterocycles. The molecular weight excluding hydrogens is 456 g/mol. The summed E-state index contributed by atoms with van der Waals surface area (Å²) in [6, 6.07) is 9.59. The SMILES string of the molecule is C=CCn1c(SCC(=O)Nc2nnc(C3CCCCC3)s2)nnc1C(C)Oc1ccccc1. The highest BCUT2D eigenvalue weighted by molar-refractivity contribution is 7.99. The maximum atomic E-state index is 12.5. The van der Waals surface area contributed by atoms with E-state index in [4.69, 9.17) is 4.74 Å². The van der Waals surface area contributed by atoms with Gasteiger partial charge in [-0.2, -0.15) is 0 Å². The minimum atomic E-state index is -0.303. The van der Waals surface area contributed by atoms with Crippen LogP contribution in [0.4, 0.5) is 5.13 Å². The lowest BCUT2D eigenvalue weighted by Gasteiger charge is -2.18. The Labute approximate surface area is 201 Å². The number of benzene rings is 1. The summed E-state index contributed by atoms with van der Waals surface area (Å²) < 4.78 is 7.92. The largest absolute Gasteiger partial charge is 0.483 e. The fourth-order valence-corrected chi connectivity index (χ4v) is 5.53. The standard InChI is InChI=1S/C23H28N6O2S2/c1-3-14-29-20(16(2)31-18-12-8-5-9-13-18)25-28-23(29)32-15-19(30)24-22-27-26-21(33-22)17-10-6-4-7-11-17/h3,5,8-9,12-13,16-17H,1,4,6-7,10-11,14-15H2,2H3,(H,24,27,30). The number of hydrogen-bond donors (Lipinski definition) is 1. The molecule has 1 aliphatic rings. The zero-order valence-electron chi connectivity index (χ0n) is 18.6. The second-order valence-corrected chi connectivity index (χ2v) is 9.88. The van der Waals surface area contributed by atoms with Gasteiger partial charge in [-0.15, -0.1) is 27.0 Å². The van der Waals surface area contributed by atoms with E-state index in [1.54, 1.807) is 6.08 Å². The third-order valence-corrected chi connectivity index (χ3v) is 7.42. The summed E-state index contributed by atoms with van der Waals surface area (Å²) in [4.78, 5) is 12.5. The van der Waals surface area contributed by atoms with Crippen molar-refractivity contribution in [3.05, 3.63) is 53.8 Å². The van der Waals surface area contributed by atoms with E-state index in [1.165, 1.54) is 42.4 Å². The average Bonchev–Trinajstić information content (AvgIpc) is 3.46. The predicted octanol–water partition coefficient (Wildman–Crippen LogP) is 5.23. The first-order valence-corrected chi connectivity index (χ1v) is 13.0. The van der Waals surface area contributed by atoms with Crippen LogP contribution in [0.25, 0.3) is 0 Å². The van der Waals surface area contributed by atoms with Crippen LogP contribution in [0, 0.1) is 0 Å². The van der Waals surface area contributed by atoms with Crippen LogP contribution in [-0.2, 0) is 11.3 Å². The van der Waals surface area contributed by atoms with Crippen molar-refractivity contribution in [3.63, 3.8) is 0 Å². The smallest absolute Gasteiger partial charge is 0.236 e. The van der Waals surface area contributed by atoms with Crippen molar-refractivity contribution in [2.45, 2.75) is 62.8 Å². The lowest BCUT2D eigenvalue weighted by molar-refractivity contribution is -0.113. The van der Waals surface area contributed by atoms with E-state index in [1.807, 2.05) is 41.8 Å². The third kappa shape index (κ3) is 6.20. The lowest BCUT2D eigenvalue weighted by Crippen LogP contribution is -2.15. The molecule has 2 heterocycles. The quantitative estimate of drug-likeness (QED) is 0.311. The zero-order chi connectivity index (χ0) is 23.0. The van der Waals surface area contributed by atoms with Crippen LogP contribution in [0.1, 0.15) is 61.9 Å². The molecule has 1 unspecified atom stereocenters. The molecule has 10 heteroatoms. The van der Waals surface area contributed by atoms with Crippen molar-refractivity contribution in [1.29, 1.82) is 0 Å². The van der Waals surface area contributed by atoms with Gasteiger partial charge in [-0.25, -0.2) is 0 Å². The van der Waals surface area contributed by atoms with Crippen LogP contribution < -0.4 is 10.1 Å². The monoisotopic (exact) mass is 484 g/mol. The molecule has 0 aliphatic heterocycles. The van der Waals surface area contributed by atoms with Gasteiger partial charge in [-0.05, 0) is 31.9 Å². The number of nitrogens with one attached hydrogen (secondary N) is 1. The third-order valence-electron chi connectivity index (χ3n) is 5.45. The fraction of sp³-hybridized carbons (Fsp3) is 0.435. The van der Waals surface area contributed by atoms with Crippen molar-refractivity contribution in [2.24, 2.45) is 0 Å². The van der Waals surface area contributed by atoms with Crippen molar-refractivity contribution in [2.75, 3.05) is 11.1 Å². The summed E-state index contributed by atoms with van der Waals surface area (Å²) >= 11 is 2.81. The number of para-hydroxylation sites is 1. The Bertz CT molecular complexity index is 1060. The topological polar surface area (TPSA) is 94.8 Å². The van der Waals surface area contributed by atoms with Gasteiger partial charge in [0.2, 0.25) is 11.0 Å². The molecule has 0 spiro atoms.